The highest BCUT2D eigenvalue weighted by Gasteiger charge is 2.54. The summed E-state index contributed by atoms with van der Waals surface area (Å²) in [7, 11) is 0. The third-order valence-corrected chi connectivity index (χ3v) is 5.28. The smallest absolute Gasteiger partial charge is 0.359 e. The van der Waals surface area contributed by atoms with Crippen LogP contribution in [0.1, 0.15) is 67.4 Å². The summed E-state index contributed by atoms with van der Waals surface area (Å²) in [5.41, 5.74) is -0.142. The third-order valence-electron chi connectivity index (χ3n) is 5.28. The van der Waals surface area contributed by atoms with E-state index >= 15 is 0 Å². The molecule has 1 saturated heterocycles. The lowest BCUT2D eigenvalue weighted by molar-refractivity contribution is -0.00272. The van der Waals surface area contributed by atoms with Gasteiger partial charge in [-0.25, -0.2) is 14.8 Å². The van der Waals surface area contributed by atoms with Crippen LogP contribution in [0.5, 0.6) is 0 Å². The van der Waals surface area contributed by atoms with Gasteiger partial charge < -0.3 is 9.64 Å². The minimum atomic E-state index is -0.583. The Kier molecular flexibility index (Phi) is 3.81. The van der Waals surface area contributed by atoms with Crippen molar-refractivity contribution in [2.24, 2.45) is 17.8 Å². The maximum absolute atomic E-state index is 12.8. The average molecular weight is 343 g/mol. The Balaban J connectivity index is 1.43. The molecule has 2 aliphatic carbocycles. The van der Waals surface area contributed by atoms with Crippen LogP contribution in [0.2, 0.25) is 0 Å². The van der Waals surface area contributed by atoms with Crippen LogP contribution < -0.4 is 0 Å². The summed E-state index contributed by atoms with van der Waals surface area (Å²) in [6.45, 7) is 6.25. The van der Waals surface area contributed by atoms with E-state index in [2.05, 4.69) is 9.97 Å². The average Bonchev–Trinajstić information content (AvgIpc) is 3.39. The van der Waals surface area contributed by atoms with Crippen molar-refractivity contribution in [3.05, 3.63) is 23.8 Å². The first-order valence-electron chi connectivity index (χ1n) is 9.20. The highest BCUT2D eigenvalue weighted by Crippen LogP contribution is 2.52. The van der Waals surface area contributed by atoms with E-state index in [1.165, 1.54) is 38.1 Å². The molecule has 0 N–H and O–H groups in total. The molecule has 2 unspecified atom stereocenters. The van der Waals surface area contributed by atoms with Gasteiger partial charge in [0.1, 0.15) is 11.3 Å². The number of hydrogen-bond acceptors (Lipinski definition) is 5. The Morgan fingerprint density at radius 1 is 1.04 bits per heavy atom. The monoisotopic (exact) mass is 343 g/mol. The Bertz CT molecular complexity index is 687. The van der Waals surface area contributed by atoms with Crippen LogP contribution in [0, 0.1) is 17.8 Å². The Morgan fingerprint density at radius 3 is 2.16 bits per heavy atom. The molecule has 2 atom stereocenters. The molecule has 6 nitrogen and oxygen atoms in total. The normalized spacial score (nSPS) is 26.1. The van der Waals surface area contributed by atoms with Crippen LogP contribution in [-0.4, -0.2) is 44.9 Å². The molecule has 2 saturated carbocycles. The SMILES string of the molecule is CC(C)(C)OC(=O)c1cnc(C(=O)N2CC(C3CC3)C2C2CC2)cn1. The number of esters is 1. The topological polar surface area (TPSA) is 72.4 Å². The van der Waals surface area contributed by atoms with Crippen molar-refractivity contribution in [3.8, 4) is 0 Å². The van der Waals surface area contributed by atoms with Gasteiger partial charge in [0.15, 0.2) is 5.69 Å². The van der Waals surface area contributed by atoms with Gasteiger partial charge in [0, 0.05) is 18.5 Å². The molecule has 1 aliphatic heterocycles. The zero-order chi connectivity index (χ0) is 17.8. The highest BCUT2D eigenvalue weighted by molar-refractivity contribution is 5.93. The van der Waals surface area contributed by atoms with Gasteiger partial charge in [0.05, 0.1) is 12.4 Å². The lowest BCUT2D eigenvalue weighted by Gasteiger charge is -2.49. The fraction of sp³-hybridized carbons (Fsp3) is 0.684. The predicted molar refractivity (Wildman–Crippen MR) is 91.0 cm³/mol. The van der Waals surface area contributed by atoms with Gasteiger partial charge in [-0.2, -0.15) is 0 Å². The van der Waals surface area contributed by atoms with Crippen molar-refractivity contribution in [1.82, 2.24) is 14.9 Å². The molecule has 0 aromatic carbocycles. The number of amides is 1. The molecule has 1 aromatic heterocycles. The summed E-state index contributed by atoms with van der Waals surface area (Å²) in [5.74, 6) is 1.61. The van der Waals surface area contributed by atoms with Crippen LogP contribution in [0.3, 0.4) is 0 Å². The van der Waals surface area contributed by atoms with Gasteiger partial charge in [0.2, 0.25) is 0 Å². The summed E-state index contributed by atoms with van der Waals surface area (Å²) < 4.78 is 5.27. The van der Waals surface area contributed by atoms with Crippen molar-refractivity contribution in [2.75, 3.05) is 6.54 Å². The summed E-state index contributed by atoms with van der Waals surface area (Å²) in [6, 6.07) is 0.396. The molecular weight excluding hydrogens is 318 g/mol. The standard InChI is InChI=1S/C19H25N3O3/c1-19(2,3)25-18(24)15-9-20-14(8-21-15)17(23)22-10-13(11-4-5-11)16(22)12-6-7-12/h8-9,11-13,16H,4-7,10H2,1-3H3. The predicted octanol–water partition coefficient (Wildman–Crippen LogP) is 2.69. The number of likely N-dealkylation sites (tertiary alicyclic amines) is 1. The largest absolute Gasteiger partial charge is 0.455 e. The van der Waals surface area contributed by atoms with Crippen molar-refractivity contribution in [1.29, 1.82) is 0 Å². The summed E-state index contributed by atoms with van der Waals surface area (Å²) in [4.78, 5) is 35.0. The molecule has 0 spiro atoms. The first kappa shape index (κ1) is 16.5. The molecule has 2 heterocycles. The van der Waals surface area contributed by atoms with Crippen LogP contribution >= 0.6 is 0 Å². The quantitative estimate of drug-likeness (QED) is 0.786. The van der Waals surface area contributed by atoms with Crippen molar-refractivity contribution < 1.29 is 14.3 Å². The Hall–Kier alpha value is -1.98. The van der Waals surface area contributed by atoms with Gasteiger partial charge in [-0.15, -0.1) is 0 Å². The molecule has 0 radical (unpaired) electrons. The van der Waals surface area contributed by atoms with Gasteiger partial charge in [0.25, 0.3) is 5.91 Å². The zero-order valence-corrected chi connectivity index (χ0v) is 15.1. The van der Waals surface area contributed by atoms with Crippen LogP contribution in [0.4, 0.5) is 0 Å². The Labute approximate surface area is 148 Å². The lowest BCUT2D eigenvalue weighted by Crippen LogP contribution is -2.60. The molecule has 1 amide bonds. The second-order valence-electron chi connectivity index (χ2n) is 8.58. The van der Waals surface area contributed by atoms with E-state index in [4.69, 9.17) is 4.74 Å². The number of nitrogens with zero attached hydrogens (tertiary/aromatic N) is 3. The van der Waals surface area contributed by atoms with Crippen LogP contribution in [0.15, 0.2) is 12.4 Å². The van der Waals surface area contributed by atoms with E-state index in [0.29, 0.717) is 23.6 Å². The van der Waals surface area contributed by atoms with Gasteiger partial charge in [-0.3, -0.25) is 4.79 Å². The van der Waals surface area contributed by atoms with E-state index in [-0.39, 0.29) is 11.6 Å². The molecule has 3 fully saturated rings. The molecular formula is C19H25N3O3. The fourth-order valence-electron chi connectivity index (χ4n) is 3.78. The molecule has 6 heteroatoms. The molecule has 25 heavy (non-hydrogen) atoms. The minimum Gasteiger partial charge on any atom is -0.455 e. The maximum Gasteiger partial charge on any atom is 0.359 e. The van der Waals surface area contributed by atoms with Gasteiger partial charge >= 0.3 is 5.97 Å². The van der Waals surface area contributed by atoms with Crippen molar-refractivity contribution in [3.63, 3.8) is 0 Å². The van der Waals surface area contributed by atoms with Crippen molar-refractivity contribution in [2.45, 2.75) is 58.1 Å². The lowest BCUT2D eigenvalue weighted by atomic mass is 9.81. The molecule has 1 aromatic rings. The van der Waals surface area contributed by atoms with Crippen LogP contribution in [-0.2, 0) is 4.74 Å². The van der Waals surface area contributed by atoms with E-state index in [1.54, 1.807) is 20.8 Å². The second-order valence-corrected chi connectivity index (χ2v) is 8.58. The zero-order valence-electron chi connectivity index (χ0n) is 15.1. The second kappa shape index (κ2) is 5.78. The van der Waals surface area contributed by atoms with Gasteiger partial charge in [-0.1, -0.05) is 0 Å². The first-order valence-corrected chi connectivity index (χ1v) is 9.20. The van der Waals surface area contributed by atoms with E-state index < -0.39 is 11.6 Å². The first-order chi connectivity index (χ1) is 11.8. The van der Waals surface area contributed by atoms with E-state index in [1.807, 2.05) is 4.90 Å². The third kappa shape index (κ3) is 3.39. The number of carbonyl (C=O) groups excluding carboxylic acids is 2. The van der Waals surface area contributed by atoms with Crippen LogP contribution in [0.25, 0.3) is 0 Å². The van der Waals surface area contributed by atoms with Gasteiger partial charge in [-0.05, 0) is 58.3 Å². The van der Waals surface area contributed by atoms with E-state index in [0.717, 1.165) is 12.5 Å². The minimum absolute atomic E-state index is 0.0583. The molecule has 3 aliphatic rings. The number of rotatable bonds is 4. The molecule has 134 valence electrons. The highest BCUT2D eigenvalue weighted by atomic mass is 16.6. The summed E-state index contributed by atoms with van der Waals surface area (Å²) >= 11 is 0. The summed E-state index contributed by atoms with van der Waals surface area (Å²) in [6.07, 6.45) is 7.85. The maximum atomic E-state index is 12.8. The molecule has 4 rings (SSSR count). The van der Waals surface area contributed by atoms with E-state index in [9.17, 15) is 9.59 Å². The number of aromatic nitrogens is 2. The number of carbonyl (C=O) groups is 2. The Morgan fingerprint density at radius 2 is 1.64 bits per heavy atom. The number of hydrogen-bond donors (Lipinski definition) is 0. The fourth-order valence-corrected chi connectivity index (χ4v) is 3.78. The van der Waals surface area contributed by atoms with Crippen molar-refractivity contribution >= 4 is 11.9 Å². The molecule has 0 bridgehead atoms. The summed E-state index contributed by atoms with van der Waals surface area (Å²) in [5, 5.41) is 0. The number of ether oxygens (including phenoxy) is 1.